The highest BCUT2D eigenvalue weighted by Crippen LogP contribution is 2.49. The fourth-order valence-electron chi connectivity index (χ4n) is 2.99. The van der Waals surface area contributed by atoms with Gasteiger partial charge in [-0.1, -0.05) is 6.07 Å². The maximum atomic E-state index is 13.9. The predicted molar refractivity (Wildman–Crippen MR) is 87.8 cm³/mol. The summed E-state index contributed by atoms with van der Waals surface area (Å²) in [5.74, 6) is -1.16. The van der Waals surface area contributed by atoms with E-state index in [-0.39, 0.29) is 18.7 Å². The number of aliphatic hydroxyl groups is 1. The number of carbonyl (C=O) groups is 1. The topological polar surface area (TPSA) is 64.6 Å². The number of amides is 2. The summed E-state index contributed by atoms with van der Waals surface area (Å²) in [4.78, 5) is 13.7. The van der Waals surface area contributed by atoms with E-state index in [1.807, 2.05) is 19.0 Å². The lowest BCUT2D eigenvalue weighted by Gasteiger charge is -2.27. The van der Waals surface area contributed by atoms with Crippen molar-refractivity contribution < 1.29 is 18.7 Å². The number of benzene rings is 1. The molecule has 0 aliphatic heterocycles. The molecule has 1 aromatic rings. The zero-order valence-corrected chi connectivity index (χ0v) is 14.3. The molecule has 7 heteroatoms. The molecule has 1 aliphatic rings. The van der Waals surface area contributed by atoms with Crippen LogP contribution in [-0.4, -0.2) is 55.4 Å². The van der Waals surface area contributed by atoms with Gasteiger partial charge in [-0.2, -0.15) is 0 Å². The summed E-state index contributed by atoms with van der Waals surface area (Å²) in [6, 6.07) is 3.34. The van der Waals surface area contributed by atoms with Crippen LogP contribution in [-0.2, 0) is 5.41 Å². The van der Waals surface area contributed by atoms with E-state index in [0.717, 1.165) is 0 Å². The van der Waals surface area contributed by atoms with Gasteiger partial charge in [0.25, 0.3) is 0 Å². The van der Waals surface area contributed by atoms with Gasteiger partial charge in [0.05, 0.1) is 5.60 Å². The molecule has 1 aromatic carbocycles. The van der Waals surface area contributed by atoms with Gasteiger partial charge in [-0.3, -0.25) is 0 Å². The summed E-state index contributed by atoms with van der Waals surface area (Å²) in [6.07, 6.45) is 1.26. The van der Waals surface area contributed by atoms with E-state index in [0.29, 0.717) is 19.4 Å². The van der Waals surface area contributed by atoms with Gasteiger partial charge in [-0.25, -0.2) is 13.6 Å². The maximum Gasteiger partial charge on any atom is 0.314 e. The average Bonchev–Trinajstić information content (AvgIpc) is 3.22. The zero-order valence-electron chi connectivity index (χ0n) is 14.3. The predicted octanol–water partition coefficient (Wildman–Crippen LogP) is 1.61. The molecule has 24 heavy (non-hydrogen) atoms. The van der Waals surface area contributed by atoms with Crippen LogP contribution in [0.15, 0.2) is 18.2 Å². The van der Waals surface area contributed by atoms with Gasteiger partial charge in [-0.05, 0) is 46.0 Å². The van der Waals surface area contributed by atoms with Gasteiger partial charge in [0.15, 0.2) is 0 Å². The van der Waals surface area contributed by atoms with Crippen molar-refractivity contribution in [1.82, 2.24) is 15.5 Å². The Morgan fingerprint density at radius 2 is 1.88 bits per heavy atom. The van der Waals surface area contributed by atoms with Crippen LogP contribution in [0.1, 0.15) is 25.3 Å². The molecule has 1 atom stereocenters. The number of urea groups is 1. The minimum atomic E-state index is -1.06. The molecule has 1 aliphatic carbocycles. The molecule has 134 valence electrons. The molecule has 0 bridgehead atoms. The number of halogens is 2. The summed E-state index contributed by atoms with van der Waals surface area (Å²) in [5, 5.41) is 15.4. The molecule has 1 unspecified atom stereocenters. The number of hydrogen-bond donors (Lipinski definition) is 3. The summed E-state index contributed by atoms with van der Waals surface area (Å²) in [6.45, 7) is 2.27. The van der Waals surface area contributed by atoms with Crippen LogP contribution in [0.5, 0.6) is 0 Å². The van der Waals surface area contributed by atoms with Crippen LogP contribution in [0.25, 0.3) is 0 Å². The summed E-state index contributed by atoms with van der Waals surface area (Å²) < 4.78 is 27.9. The van der Waals surface area contributed by atoms with Crippen LogP contribution in [0.4, 0.5) is 13.6 Å². The minimum absolute atomic E-state index is 0.0462. The van der Waals surface area contributed by atoms with Gasteiger partial charge < -0.3 is 20.6 Å². The number of likely N-dealkylation sites (N-methyl/N-ethyl adjacent to an activating group) is 1. The molecular weight excluding hydrogens is 316 g/mol. The smallest absolute Gasteiger partial charge is 0.314 e. The van der Waals surface area contributed by atoms with Crippen LogP contribution in [0, 0.1) is 11.6 Å². The molecule has 2 rings (SSSR count). The molecular formula is C17H25F2N3O2. The van der Waals surface area contributed by atoms with Crippen LogP contribution in [0.2, 0.25) is 0 Å². The summed E-state index contributed by atoms with van der Waals surface area (Å²) in [5.41, 5.74) is -1.68. The standard InChI is InChI=1S/C17H25F2N3O2/c1-16(24,11-22(2)3)9-20-15(23)21-10-17(7-8-17)14-12(18)5-4-6-13(14)19/h4-6,24H,7-11H2,1-3H3,(H2,20,21,23). The van der Waals surface area contributed by atoms with Gasteiger partial charge in [-0.15, -0.1) is 0 Å². The molecule has 3 N–H and O–H groups in total. The SMILES string of the molecule is CN(C)CC(C)(O)CNC(=O)NCC1(c2c(F)cccc2F)CC1. The normalized spacial score (nSPS) is 18.1. The first-order chi connectivity index (χ1) is 11.2. The van der Waals surface area contributed by atoms with E-state index in [1.165, 1.54) is 18.2 Å². The third kappa shape index (κ3) is 4.64. The van der Waals surface area contributed by atoms with Crippen molar-refractivity contribution in [2.75, 3.05) is 33.7 Å². The Bertz CT molecular complexity index is 581. The third-order valence-corrected chi connectivity index (χ3v) is 4.22. The van der Waals surface area contributed by atoms with Crippen molar-refractivity contribution in [2.24, 2.45) is 0 Å². The molecule has 5 nitrogen and oxygen atoms in total. The molecule has 1 fully saturated rings. The Kier molecular flexibility index (Phi) is 5.45. The van der Waals surface area contributed by atoms with E-state index >= 15 is 0 Å². The lowest BCUT2D eigenvalue weighted by atomic mass is 9.94. The van der Waals surface area contributed by atoms with E-state index < -0.39 is 28.7 Å². The quantitative estimate of drug-likeness (QED) is 0.706. The fourth-order valence-corrected chi connectivity index (χ4v) is 2.99. The Morgan fingerprint density at radius 3 is 2.38 bits per heavy atom. The Hall–Kier alpha value is -1.73. The number of hydrogen-bond acceptors (Lipinski definition) is 3. The largest absolute Gasteiger partial charge is 0.387 e. The highest BCUT2D eigenvalue weighted by molar-refractivity contribution is 5.74. The van der Waals surface area contributed by atoms with Crippen LogP contribution < -0.4 is 10.6 Å². The first kappa shape index (κ1) is 18.6. The van der Waals surface area contributed by atoms with Gasteiger partial charge >= 0.3 is 6.03 Å². The van der Waals surface area contributed by atoms with E-state index in [2.05, 4.69) is 10.6 Å². The summed E-state index contributed by atoms with van der Waals surface area (Å²) >= 11 is 0. The zero-order chi connectivity index (χ0) is 18.0. The van der Waals surface area contributed by atoms with Crippen LogP contribution >= 0.6 is 0 Å². The van der Waals surface area contributed by atoms with Crippen molar-refractivity contribution in [1.29, 1.82) is 0 Å². The molecule has 0 spiro atoms. The highest BCUT2D eigenvalue weighted by Gasteiger charge is 2.48. The van der Waals surface area contributed by atoms with Gasteiger partial charge in [0.2, 0.25) is 0 Å². The first-order valence-corrected chi connectivity index (χ1v) is 7.99. The van der Waals surface area contributed by atoms with Crippen molar-refractivity contribution in [3.8, 4) is 0 Å². The second-order valence-electron chi connectivity index (χ2n) is 7.15. The number of nitrogens with one attached hydrogen (secondary N) is 2. The number of rotatable bonds is 7. The summed E-state index contributed by atoms with van der Waals surface area (Å²) in [7, 11) is 3.66. The Balaban J connectivity index is 1.88. The first-order valence-electron chi connectivity index (χ1n) is 7.99. The second-order valence-corrected chi connectivity index (χ2v) is 7.15. The highest BCUT2D eigenvalue weighted by atomic mass is 19.1. The van der Waals surface area contributed by atoms with E-state index in [1.54, 1.807) is 6.92 Å². The molecule has 0 heterocycles. The van der Waals surface area contributed by atoms with Crippen molar-refractivity contribution in [3.63, 3.8) is 0 Å². The number of carbonyl (C=O) groups excluding carboxylic acids is 1. The van der Waals surface area contributed by atoms with Gasteiger partial charge in [0.1, 0.15) is 11.6 Å². The maximum absolute atomic E-state index is 13.9. The fraction of sp³-hybridized carbons (Fsp3) is 0.588. The van der Waals surface area contributed by atoms with Crippen molar-refractivity contribution in [3.05, 3.63) is 35.4 Å². The Labute approximate surface area is 141 Å². The molecule has 2 amide bonds. The third-order valence-electron chi connectivity index (χ3n) is 4.22. The molecule has 0 saturated heterocycles. The molecule has 1 saturated carbocycles. The lowest BCUT2D eigenvalue weighted by molar-refractivity contribution is 0.0360. The molecule has 0 radical (unpaired) electrons. The second kappa shape index (κ2) is 7.03. The number of nitrogens with zero attached hydrogens (tertiary/aromatic N) is 1. The average molecular weight is 341 g/mol. The van der Waals surface area contributed by atoms with Gasteiger partial charge in [0, 0.05) is 30.6 Å². The van der Waals surface area contributed by atoms with E-state index in [4.69, 9.17) is 0 Å². The van der Waals surface area contributed by atoms with Crippen molar-refractivity contribution >= 4 is 6.03 Å². The van der Waals surface area contributed by atoms with Crippen molar-refractivity contribution in [2.45, 2.75) is 30.8 Å². The minimum Gasteiger partial charge on any atom is -0.387 e. The van der Waals surface area contributed by atoms with Crippen LogP contribution in [0.3, 0.4) is 0 Å². The molecule has 0 aromatic heterocycles. The van der Waals surface area contributed by atoms with E-state index in [9.17, 15) is 18.7 Å². The lowest BCUT2D eigenvalue weighted by Crippen LogP contribution is -2.50. The monoisotopic (exact) mass is 341 g/mol. The Morgan fingerprint density at radius 1 is 1.29 bits per heavy atom.